The molecule has 1 aromatic heterocycles. The van der Waals surface area contributed by atoms with Crippen LogP contribution in [-0.4, -0.2) is 39.5 Å². The van der Waals surface area contributed by atoms with E-state index >= 15 is 0 Å². The van der Waals surface area contributed by atoms with E-state index in [0.717, 1.165) is 30.9 Å². The fraction of sp³-hybridized carbons (Fsp3) is 0.667. The number of likely N-dealkylation sites (tertiary alicyclic amines) is 1. The van der Waals surface area contributed by atoms with Crippen LogP contribution in [0.1, 0.15) is 18.2 Å². The van der Waals surface area contributed by atoms with E-state index in [1.807, 2.05) is 13.0 Å². The van der Waals surface area contributed by atoms with Crippen LogP contribution in [0, 0.1) is 12.8 Å². The molecule has 0 radical (unpaired) electrons. The highest BCUT2D eigenvalue weighted by Gasteiger charge is 2.23. The van der Waals surface area contributed by atoms with Gasteiger partial charge in [0.2, 0.25) is 10.0 Å². The van der Waals surface area contributed by atoms with Crippen LogP contribution in [0.3, 0.4) is 0 Å². The maximum absolute atomic E-state index is 12.0. The van der Waals surface area contributed by atoms with Crippen LogP contribution in [0.15, 0.2) is 16.3 Å². The first-order valence-electron chi connectivity index (χ1n) is 6.29. The minimum Gasteiger partial charge on any atom is -0.303 e. The summed E-state index contributed by atoms with van der Waals surface area (Å²) in [4.78, 5) is 3.38. The molecule has 0 spiro atoms. The van der Waals surface area contributed by atoms with Gasteiger partial charge in [-0.3, -0.25) is 0 Å². The van der Waals surface area contributed by atoms with Crippen molar-refractivity contribution in [3.8, 4) is 0 Å². The monoisotopic (exact) mass is 288 g/mol. The summed E-state index contributed by atoms with van der Waals surface area (Å²) in [6, 6.07) is 3.52. The molecule has 1 aliphatic heterocycles. The normalized spacial score (nSPS) is 21.6. The zero-order valence-corrected chi connectivity index (χ0v) is 12.5. The third kappa shape index (κ3) is 3.32. The lowest BCUT2D eigenvalue weighted by Gasteiger charge is -2.13. The van der Waals surface area contributed by atoms with Crippen molar-refractivity contribution in [2.45, 2.75) is 24.5 Å². The summed E-state index contributed by atoms with van der Waals surface area (Å²) < 4.78 is 27.2. The lowest BCUT2D eigenvalue weighted by atomic mass is 10.1. The van der Waals surface area contributed by atoms with E-state index < -0.39 is 10.0 Å². The molecule has 1 N–H and O–H groups in total. The van der Waals surface area contributed by atoms with E-state index in [2.05, 4.69) is 16.5 Å². The summed E-state index contributed by atoms with van der Waals surface area (Å²) in [5.41, 5.74) is 0. The molecule has 2 heterocycles. The highest BCUT2D eigenvalue weighted by atomic mass is 32.2. The highest BCUT2D eigenvalue weighted by Crippen LogP contribution is 2.21. The van der Waals surface area contributed by atoms with Crippen LogP contribution < -0.4 is 4.72 Å². The van der Waals surface area contributed by atoms with Gasteiger partial charge in [-0.1, -0.05) is 6.92 Å². The van der Waals surface area contributed by atoms with Gasteiger partial charge in [-0.2, -0.15) is 0 Å². The smallest absolute Gasteiger partial charge is 0.250 e. The first-order chi connectivity index (χ1) is 8.51. The lowest BCUT2D eigenvalue weighted by molar-refractivity contribution is 0.342. The van der Waals surface area contributed by atoms with Crippen molar-refractivity contribution in [3.63, 3.8) is 0 Å². The van der Waals surface area contributed by atoms with Crippen molar-refractivity contribution in [2.24, 2.45) is 5.92 Å². The van der Waals surface area contributed by atoms with Crippen molar-refractivity contribution in [3.05, 3.63) is 17.0 Å². The largest absolute Gasteiger partial charge is 0.303 e. The summed E-state index contributed by atoms with van der Waals surface area (Å²) >= 11 is 1.32. The van der Waals surface area contributed by atoms with Crippen LogP contribution in [0.25, 0.3) is 0 Å². The predicted octanol–water partition coefficient (Wildman–Crippen LogP) is 1.68. The number of aryl methyl sites for hydroxylation is 1. The Morgan fingerprint density at radius 3 is 2.83 bits per heavy atom. The number of sulfonamides is 1. The molecule has 0 unspecified atom stereocenters. The average Bonchev–Trinajstić information content (AvgIpc) is 2.95. The lowest BCUT2D eigenvalue weighted by Crippen LogP contribution is -2.30. The molecule has 0 saturated carbocycles. The molecule has 102 valence electrons. The van der Waals surface area contributed by atoms with Gasteiger partial charge >= 0.3 is 0 Å². The highest BCUT2D eigenvalue weighted by molar-refractivity contribution is 7.91. The topological polar surface area (TPSA) is 49.4 Å². The number of rotatable bonds is 5. The van der Waals surface area contributed by atoms with Gasteiger partial charge in [-0.15, -0.1) is 11.3 Å². The standard InChI is InChI=1S/C12H20N2O2S2/c1-3-14-7-6-11(9-14)8-13-18(15,16)12-5-4-10(2)17-12/h4-5,11,13H,3,6-9H2,1-2H3/t11-/m1/s1. The zero-order chi connectivity index (χ0) is 13.2. The van der Waals surface area contributed by atoms with Crippen molar-refractivity contribution in [1.29, 1.82) is 0 Å². The quantitative estimate of drug-likeness (QED) is 0.897. The van der Waals surface area contributed by atoms with Gasteiger partial charge in [0.05, 0.1) is 0 Å². The number of nitrogens with one attached hydrogen (secondary N) is 1. The molecular formula is C12H20N2O2S2. The molecule has 1 saturated heterocycles. The molecule has 4 nitrogen and oxygen atoms in total. The molecule has 1 aliphatic rings. The molecule has 2 rings (SSSR count). The first kappa shape index (κ1) is 14.0. The maximum atomic E-state index is 12.0. The number of hydrogen-bond donors (Lipinski definition) is 1. The third-order valence-electron chi connectivity index (χ3n) is 3.36. The Balaban J connectivity index is 1.90. The predicted molar refractivity (Wildman–Crippen MR) is 74.5 cm³/mol. The fourth-order valence-electron chi connectivity index (χ4n) is 2.22. The Labute approximate surface area is 113 Å². The molecule has 6 heteroatoms. The van der Waals surface area contributed by atoms with Gasteiger partial charge in [-0.05, 0) is 44.5 Å². The fourth-order valence-corrected chi connectivity index (χ4v) is 4.67. The molecule has 1 aromatic rings. The molecule has 0 aromatic carbocycles. The number of hydrogen-bond acceptors (Lipinski definition) is 4. The van der Waals surface area contributed by atoms with Crippen LogP contribution in [0.5, 0.6) is 0 Å². The van der Waals surface area contributed by atoms with E-state index in [9.17, 15) is 8.42 Å². The van der Waals surface area contributed by atoms with Gasteiger partial charge in [0.1, 0.15) is 4.21 Å². The summed E-state index contributed by atoms with van der Waals surface area (Å²) in [5, 5.41) is 0. The second kappa shape index (κ2) is 5.69. The molecule has 1 fully saturated rings. The van der Waals surface area contributed by atoms with Crippen LogP contribution >= 0.6 is 11.3 Å². The maximum Gasteiger partial charge on any atom is 0.250 e. The molecule has 0 bridgehead atoms. The average molecular weight is 288 g/mol. The Morgan fingerprint density at radius 2 is 2.28 bits per heavy atom. The Bertz CT molecular complexity index is 496. The number of thiophene rings is 1. The van der Waals surface area contributed by atoms with Gasteiger partial charge < -0.3 is 4.90 Å². The summed E-state index contributed by atoms with van der Waals surface area (Å²) in [5.74, 6) is 0.445. The second-order valence-electron chi connectivity index (χ2n) is 4.76. The minimum atomic E-state index is -3.30. The zero-order valence-electron chi connectivity index (χ0n) is 10.8. The Kier molecular flexibility index (Phi) is 4.42. The summed E-state index contributed by atoms with van der Waals surface area (Å²) in [6.45, 7) is 7.74. The van der Waals surface area contributed by atoms with Crippen LogP contribution in [0.4, 0.5) is 0 Å². The van der Waals surface area contributed by atoms with Gasteiger partial charge in [-0.25, -0.2) is 13.1 Å². The van der Waals surface area contributed by atoms with Crippen molar-refractivity contribution < 1.29 is 8.42 Å². The van der Waals surface area contributed by atoms with E-state index in [-0.39, 0.29) is 0 Å². The molecule has 0 amide bonds. The minimum absolute atomic E-state index is 0.422. The molecular weight excluding hydrogens is 268 g/mol. The van der Waals surface area contributed by atoms with Crippen LogP contribution in [0.2, 0.25) is 0 Å². The SMILES string of the molecule is CCN1CC[C@H](CNS(=O)(=O)c2ccc(C)s2)C1. The van der Waals surface area contributed by atoms with Gasteiger partial charge in [0.15, 0.2) is 0 Å². The second-order valence-corrected chi connectivity index (χ2v) is 8.05. The van der Waals surface area contributed by atoms with E-state index in [4.69, 9.17) is 0 Å². The molecule has 18 heavy (non-hydrogen) atoms. The van der Waals surface area contributed by atoms with E-state index in [0.29, 0.717) is 16.7 Å². The molecule has 0 aliphatic carbocycles. The van der Waals surface area contributed by atoms with E-state index in [1.54, 1.807) is 6.07 Å². The van der Waals surface area contributed by atoms with Gasteiger partial charge in [0.25, 0.3) is 0 Å². The Hall–Kier alpha value is -0.430. The summed E-state index contributed by atoms with van der Waals surface area (Å²) in [7, 11) is -3.30. The first-order valence-corrected chi connectivity index (χ1v) is 8.59. The van der Waals surface area contributed by atoms with Crippen molar-refractivity contribution in [2.75, 3.05) is 26.2 Å². The van der Waals surface area contributed by atoms with Crippen molar-refractivity contribution >= 4 is 21.4 Å². The Morgan fingerprint density at radius 1 is 1.50 bits per heavy atom. The van der Waals surface area contributed by atoms with Gasteiger partial charge in [0, 0.05) is 18.0 Å². The number of nitrogens with zero attached hydrogens (tertiary/aromatic N) is 1. The molecule has 1 atom stereocenters. The van der Waals surface area contributed by atoms with E-state index in [1.165, 1.54) is 11.3 Å². The summed E-state index contributed by atoms with van der Waals surface area (Å²) in [6.07, 6.45) is 1.08. The third-order valence-corrected chi connectivity index (χ3v) is 6.28. The van der Waals surface area contributed by atoms with Crippen LogP contribution in [-0.2, 0) is 10.0 Å². The van der Waals surface area contributed by atoms with Crippen molar-refractivity contribution in [1.82, 2.24) is 9.62 Å².